The van der Waals surface area contributed by atoms with Crippen LogP contribution in [0.15, 0.2) is 40.2 Å². The van der Waals surface area contributed by atoms with Gasteiger partial charge in [-0.25, -0.2) is 9.37 Å². The smallest absolute Gasteiger partial charge is 0.277 e. The molecule has 16 heavy (non-hydrogen) atoms. The molecule has 2 rings (SSSR count). The Kier molecular flexibility index (Phi) is 2.88. The highest BCUT2D eigenvalue weighted by molar-refractivity contribution is 7.92. The highest BCUT2D eigenvalue weighted by Gasteiger charge is 2.20. The number of anilines is 1. The van der Waals surface area contributed by atoms with E-state index in [0.29, 0.717) is 5.69 Å². The molecule has 0 radical (unpaired) electrons. The molecular formula is C9H7FN2O2S2. The quantitative estimate of drug-likeness (QED) is 0.917. The molecule has 0 amide bonds. The van der Waals surface area contributed by atoms with Gasteiger partial charge in [-0.3, -0.25) is 4.72 Å². The lowest BCUT2D eigenvalue weighted by atomic mass is 10.5. The number of halogens is 1. The van der Waals surface area contributed by atoms with Gasteiger partial charge in [-0.05, 0) is 23.6 Å². The standard InChI is InChI=1S/C9H7FN2O2S2/c10-8-2-1-4-11-9(8)16(13,14)12-7-3-5-15-6-7/h1-6,12H. The van der Waals surface area contributed by atoms with Crippen molar-refractivity contribution in [2.45, 2.75) is 5.03 Å². The molecule has 1 N–H and O–H groups in total. The molecule has 0 saturated carbocycles. The van der Waals surface area contributed by atoms with Gasteiger partial charge in [0.1, 0.15) is 0 Å². The number of pyridine rings is 1. The van der Waals surface area contributed by atoms with Crippen LogP contribution in [0.25, 0.3) is 0 Å². The Bertz CT molecular complexity index is 581. The van der Waals surface area contributed by atoms with Crippen LogP contribution in [-0.4, -0.2) is 13.4 Å². The first-order valence-corrected chi connectivity index (χ1v) is 6.68. The van der Waals surface area contributed by atoms with Crippen molar-refractivity contribution in [3.05, 3.63) is 41.0 Å². The number of rotatable bonds is 3. The van der Waals surface area contributed by atoms with Crippen LogP contribution in [0, 0.1) is 5.82 Å². The van der Waals surface area contributed by atoms with Gasteiger partial charge in [0.25, 0.3) is 10.0 Å². The molecule has 0 fully saturated rings. The number of sulfonamides is 1. The van der Waals surface area contributed by atoms with Gasteiger partial charge in [-0.2, -0.15) is 19.8 Å². The SMILES string of the molecule is O=S(=O)(Nc1ccsc1)c1ncccc1F. The van der Waals surface area contributed by atoms with Crippen molar-refractivity contribution in [3.8, 4) is 0 Å². The van der Waals surface area contributed by atoms with Gasteiger partial charge in [0.05, 0.1) is 5.69 Å². The van der Waals surface area contributed by atoms with Crippen LogP contribution in [-0.2, 0) is 10.0 Å². The Morgan fingerprint density at radius 3 is 2.81 bits per heavy atom. The van der Waals surface area contributed by atoms with Crippen LogP contribution >= 0.6 is 11.3 Å². The van der Waals surface area contributed by atoms with E-state index in [4.69, 9.17) is 0 Å². The van der Waals surface area contributed by atoms with E-state index < -0.39 is 20.9 Å². The third kappa shape index (κ3) is 2.20. The number of aromatic nitrogens is 1. The van der Waals surface area contributed by atoms with E-state index in [-0.39, 0.29) is 0 Å². The highest BCUT2D eigenvalue weighted by atomic mass is 32.2. The molecule has 0 atom stereocenters. The summed E-state index contributed by atoms with van der Waals surface area (Å²) >= 11 is 1.34. The molecule has 0 saturated heterocycles. The number of hydrogen-bond donors (Lipinski definition) is 1. The maximum absolute atomic E-state index is 13.2. The second kappa shape index (κ2) is 4.18. The lowest BCUT2D eigenvalue weighted by molar-refractivity contribution is 0.557. The van der Waals surface area contributed by atoms with E-state index in [9.17, 15) is 12.8 Å². The summed E-state index contributed by atoms with van der Waals surface area (Å²) in [6, 6.07) is 3.97. The molecule has 2 heterocycles. The zero-order valence-corrected chi connectivity index (χ0v) is 9.56. The maximum Gasteiger partial charge on any atom is 0.282 e. The molecule has 0 unspecified atom stereocenters. The average molecular weight is 258 g/mol. The highest BCUT2D eigenvalue weighted by Crippen LogP contribution is 2.18. The Labute approximate surface area is 95.8 Å². The molecule has 2 aromatic rings. The zero-order chi connectivity index (χ0) is 11.6. The Morgan fingerprint density at radius 2 is 2.19 bits per heavy atom. The summed E-state index contributed by atoms with van der Waals surface area (Å²) in [5.74, 6) is -0.870. The van der Waals surface area contributed by atoms with Crippen LogP contribution in [0.3, 0.4) is 0 Å². The molecule has 0 bridgehead atoms. The molecule has 0 aliphatic rings. The van der Waals surface area contributed by atoms with Crippen LogP contribution in [0.2, 0.25) is 0 Å². The second-order valence-corrected chi connectivity index (χ2v) is 5.29. The normalized spacial score (nSPS) is 11.3. The van der Waals surface area contributed by atoms with Crippen molar-refractivity contribution >= 4 is 27.0 Å². The first kappa shape index (κ1) is 11.0. The van der Waals surface area contributed by atoms with Crippen LogP contribution < -0.4 is 4.72 Å². The predicted molar refractivity (Wildman–Crippen MR) is 59.3 cm³/mol. The summed E-state index contributed by atoms with van der Waals surface area (Å²) in [7, 11) is -3.94. The average Bonchev–Trinajstić information content (AvgIpc) is 2.70. The molecule has 0 aromatic carbocycles. The van der Waals surface area contributed by atoms with Crippen LogP contribution in [0.1, 0.15) is 0 Å². The lowest BCUT2D eigenvalue weighted by Gasteiger charge is -2.05. The maximum atomic E-state index is 13.2. The fourth-order valence-corrected chi connectivity index (χ4v) is 2.82. The summed E-state index contributed by atoms with van der Waals surface area (Å²) in [5.41, 5.74) is 0.398. The van der Waals surface area contributed by atoms with E-state index in [1.54, 1.807) is 16.8 Å². The van der Waals surface area contributed by atoms with Crippen molar-refractivity contribution in [2.75, 3.05) is 4.72 Å². The van der Waals surface area contributed by atoms with E-state index in [0.717, 1.165) is 6.07 Å². The van der Waals surface area contributed by atoms with E-state index >= 15 is 0 Å². The molecular weight excluding hydrogens is 251 g/mol. The van der Waals surface area contributed by atoms with E-state index in [1.165, 1.54) is 23.6 Å². The van der Waals surface area contributed by atoms with Gasteiger partial charge in [0, 0.05) is 11.6 Å². The van der Waals surface area contributed by atoms with E-state index in [2.05, 4.69) is 9.71 Å². The summed E-state index contributed by atoms with van der Waals surface area (Å²) in [6.07, 6.45) is 1.23. The second-order valence-electron chi connectivity index (χ2n) is 2.91. The van der Waals surface area contributed by atoms with Gasteiger partial charge in [0.2, 0.25) is 5.03 Å². The number of nitrogens with one attached hydrogen (secondary N) is 1. The van der Waals surface area contributed by atoms with Gasteiger partial charge in [-0.15, -0.1) is 0 Å². The van der Waals surface area contributed by atoms with E-state index in [1.807, 2.05) is 0 Å². The van der Waals surface area contributed by atoms with Gasteiger partial charge in [0.15, 0.2) is 5.82 Å². The molecule has 2 aromatic heterocycles. The summed E-state index contributed by atoms with van der Waals surface area (Å²) in [6.45, 7) is 0. The largest absolute Gasteiger partial charge is 0.282 e. The fourth-order valence-electron chi connectivity index (χ4n) is 1.09. The number of hydrogen-bond acceptors (Lipinski definition) is 4. The third-order valence-corrected chi connectivity index (χ3v) is 3.75. The molecule has 0 spiro atoms. The summed E-state index contributed by atoms with van der Waals surface area (Å²) in [5, 5.41) is 2.73. The molecule has 7 heteroatoms. The van der Waals surface area contributed by atoms with Crippen LogP contribution in [0.5, 0.6) is 0 Å². The first-order valence-electron chi connectivity index (χ1n) is 4.25. The number of thiophene rings is 1. The predicted octanol–water partition coefficient (Wildman–Crippen LogP) is 2.08. The summed E-state index contributed by atoms with van der Waals surface area (Å²) < 4.78 is 38.9. The van der Waals surface area contributed by atoms with Crippen molar-refractivity contribution in [3.63, 3.8) is 0 Å². The fraction of sp³-hybridized carbons (Fsp3) is 0. The molecule has 0 aliphatic carbocycles. The van der Waals surface area contributed by atoms with Crippen molar-refractivity contribution in [1.82, 2.24) is 4.98 Å². The van der Waals surface area contributed by atoms with Gasteiger partial charge < -0.3 is 0 Å². The Hall–Kier alpha value is -1.47. The van der Waals surface area contributed by atoms with Crippen LogP contribution in [0.4, 0.5) is 10.1 Å². The lowest BCUT2D eigenvalue weighted by Crippen LogP contribution is -2.15. The number of nitrogens with zero attached hydrogens (tertiary/aromatic N) is 1. The zero-order valence-electron chi connectivity index (χ0n) is 7.92. The summed E-state index contributed by atoms with van der Waals surface area (Å²) in [4.78, 5) is 3.51. The third-order valence-electron chi connectivity index (χ3n) is 1.75. The molecule has 4 nitrogen and oxygen atoms in total. The minimum Gasteiger partial charge on any atom is -0.277 e. The first-order chi connectivity index (χ1) is 7.59. The topological polar surface area (TPSA) is 59.1 Å². The van der Waals surface area contributed by atoms with Gasteiger partial charge in [-0.1, -0.05) is 0 Å². The van der Waals surface area contributed by atoms with Crippen molar-refractivity contribution < 1.29 is 12.8 Å². The van der Waals surface area contributed by atoms with Gasteiger partial charge >= 0.3 is 0 Å². The minimum atomic E-state index is -3.94. The Morgan fingerprint density at radius 1 is 1.38 bits per heavy atom. The monoisotopic (exact) mass is 258 g/mol. The minimum absolute atomic E-state index is 0.398. The van der Waals surface area contributed by atoms with Crippen molar-refractivity contribution in [2.24, 2.45) is 0 Å². The van der Waals surface area contributed by atoms with Crippen molar-refractivity contribution in [1.29, 1.82) is 0 Å². The molecule has 84 valence electrons. The Balaban J connectivity index is 2.37. The molecule has 0 aliphatic heterocycles.